The highest BCUT2D eigenvalue weighted by Gasteiger charge is 2.15. The molecule has 2 nitrogen and oxygen atoms in total. The third-order valence-corrected chi connectivity index (χ3v) is 2.86. The molecule has 0 aliphatic heterocycles. The fourth-order valence-corrected chi connectivity index (χ4v) is 2.02. The Kier molecular flexibility index (Phi) is 3.02. The van der Waals surface area contributed by atoms with Crippen LogP contribution in [-0.2, 0) is 6.42 Å². The minimum atomic E-state index is -0.487. The van der Waals surface area contributed by atoms with Crippen molar-refractivity contribution in [3.63, 3.8) is 0 Å². The Labute approximate surface area is 94.2 Å². The van der Waals surface area contributed by atoms with E-state index in [0.29, 0.717) is 12.0 Å². The number of halogens is 1. The second-order valence-corrected chi connectivity index (χ2v) is 4.05. The molecular weight excluding hydrogens is 203 g/mol. The summed E-state index contributed by atoms with van der Waals surface area (Å²) in [6, 6.07) is 6.64. The van der Waals surface area contributed by atoms with Crippen LogP contribution >= 0.6 is 0 Å². The predicted molar refractivity (Wildman–Crippen MR) is 60.9 cm³/mol. The number of benzene rings is 1. The first-order valence-corrected chi connectivity index (χ1v) is 5.32. The van der Waals surface area contributed by atoms with E-state index >= 15 is 0 Å². The lowest BCUT2D eigenvalue weighted by molar-refractivity contribution is 0.619. The van der Waals surface area contributed by atoms with Gasteiger partial charge in [-0.1, -0.05) is 23.8 Å². The van der Waals surface area contributed by atoms with Gasteiger partial charge in [-0.05, 0) is 30.9 Å². The van der Waals surface area contributed by atoms with Crippen LogP contribution in [0, 0.1) is 17.1 Å². The molecule has 0 unspecified atom stereocenters. The van der Waals surface area contributed by atoms with Gasteiger partial charge in [0.2, 0.25) is 0 Å². The molecule has 1 aromatic carbocycles. The molecule has 16 heavy (non-hydrogen) atoms. The normalized spacial score (nSPS) is 15.9. The Hall–Kier alpha value is -1.66. The highest BCUT2D eigenvalue weighted by Crippen LogP contribution is 2.27. The van der Waals surface area contributed by atoms with Gasteiger partial charge in [-0.2, -0.15) is 5.26 Å². The number of fused-ring (bicyclic) bond motifs is 1. The first-order valence-electron chi connectivity index (χ1n) is 5.32. The molecule has 2 rings (SSSR count). The molecular formula is C13H13FN2. The summed E-state index contributed by atoms with van der Waals surface area (Å²) < 4.78 is 13.5. The van der Waals surface area contributed by atoms with Gasteiger partial charge in [0.15, 0.2) is 0 Å². The Morgan fingerprint density at radius 2 is 2.25 bits per heavy atom. The molecule has 1 aliphatic rings. The predicted octanol–water partition coefficient (Wildman–Crippen LogP) is 2.40. The average Bonchev–Trinajstić information content (AvgIpc) is 2.30. The van der Waals surface area contributed by atoms with Crippen LogP contribution in [0.2, 0.25) is 0 Å². The van der Waals surface area contributed by atoms with Crippen molar-refractivity contribution in [1.82, 2.24) is 0 Å². The van der Waals surface area contributed by atoms with Crippen molar-refractivity contribution in [2.24, 2.45) is 5.73 Å². The summed E-state index contributed by atoms with van der Waals surface area (Å²) in [4.78, 5) is 0. The summed E-state index contributed by atoms with van der Waals surface area (Å²) in [5.74, 6) is -0.194. The molecule has 2 N–H and O–H groups in total. The van der Waals surface area contributed by atoms with Crippen molar-refractivity contribution in [2.45, 2.75) is 25.3 Å². The van der Waals surface area contributed by atoms with E-state index in [1.165, 1.54) is 6.07 Å². The van der Waals surface area contributed by atoms with E-state index in [1.54, 1.807) is 6.07 Å². The standard InChI is InChI=1S/C13H13FN2/c14-13-3-1-2-10-5-4-9(7-12(10)13)6-11(16)8-15/h1-3,7,11H,4-6,16H2/t11-/m1/s1. The lowest BCUT2D eigenvalue weighted by Crippen LogP contribution is -2.18. The summed E-state index contributed by atoms with van der Waals surface area (Å²) in [6.45, 7) is 0. The molecule has 82 valence electrons. The summed E-state index contributed by atoms with van der Waals surface area (Å²) in [7, 11) is 0. The number of rotatable bonds is 2. The smallest absolute Gasteiger partial charge is 0.130 e. The molecule has 1 aliphatic carbocycles. The van der Waals surface area contributed by atoms with Gasteiger partial charge in [-0.3, -0.25) is 0 Å². The van der Waals surface area contributed by atoms with E-state index in [1.807, 2.05) is 18.2 Å². The van der Waals surface area contributed by atoms with E-state index < -0.39 is 6.04 Å². The van der Waals surface area contributed by atoms with Gasteiger partial charge in [0.05, 0.1) is 12.1 Å². The van der Waals surface area contributed by atoms with Crippen molar-refractivity contribution in [2.75, 3.05) is 0 Å². The van der Waals surface area contributed by atoms with Crippen LogP contribution in [-0.4, -0.2) is 6.04 Å². The highest BCUT2D eigenvalue weighted by atomic mass is 19.1. The molecule has 3 heteroatoms. The molecule has 0 amide bonds. The second kappa shape index (κ2) is 4.46. The maximum absolute atomic E-state index is 13.5. The molecule has 0 radical (unpaired) electrons. The zero-order valence-corrected chi connectivity index (χ0v) is 8.91. The lowest BCUT2D eigenvalue weighted by atomic mass is 9.89. The minimum Gasteiger partial charge on any atom is -0.316 e. The maximum Gasteiger partial charge on any atom is 0.130 e. The first-order chi connectivity index (χ1) is 7.70. The van der Waals surface area contributed by atoms with Crippen molar-refractivity contribution in [3.8, 4) is 6.07 Å². The minimum absolute atomic E-state index is 0.194. The molecule has 0 bridgehead atoms. The van der Waals surface area contributed by atoms with Crippen molar-refractivity contribution >= 4 is 6.08 Å². The topological polar surface area (TPSA) is 49.8 Å². The molecule has 0 heterocycles. The van der Waals surface area contributed by atoms with E-state index in [0.717, 1.165) is 24.0 Å². The van der Waals surface area contributed by atoms with E-state index in [4.69, 9.17) is 11.0 Å². The number of aryl methyl sites for hydroxylation is 1. The summed E-state index contributed by atoms with van der Waals surface area (Å²) in [5.41, 5.74) is 8.33. The fourth-order valence-electron chi connectivity index (χ4n) is 2.02. The van der Waals surface area contributed by atoms with Crippen LogP contribution in [0.25, 0.3) is 6.08 Å². The van der Waals surface area contributed by atoms with E-state index in [9.17, 15) is 4.39 Å². The van der Waals surface area contributed by atoms with Gasteiger partial charge in [0, 0.05) is 5.56 Å². The zero-order valence-electron chi connectivity index (χ0n) is 8.91. The third kappa shape index (κ3) is 2.12. The molecule has 1 atom stereocenters. The van der Waals surface area contributed by atoms with Crippen LogP contribution in [0.15, 0.2) is 23.8 Å². The van der Waals surface area contributed by atoms with Gasteiger partial charge in [0.25, 0.3) is 0 Å². The number of hydrogen-bond acceptors (Lipinski definition) is 2. The average molecular weight is 216 g/mol. The first kappa shape index (κ1) is 10.8. The van der Waals surface area contributed by atoms with Gasteiger partial charge in [-0.15, -0.1) is 0 Å². The van der Waals surface area contributed by atoms with Crippen LogP contribution in [0.5, 0.6) is 0 Å². The molecule has 1 aromatic rings. The SMILES string of the molecule is N#C[C@H](N)CC1=Cc2c(F)cccc2CC1. The molecule has 0 fully saturated rings. The number of nitrogens with zero attached hydrogens (tertiary/aromatic N) is 1. The molecule has 0 aromatic heterocycles. The monoisotopic (exact) mass is 216 g/mol. The Morgan fingerprint density at radius 3 is 3.00 bits per heavy atom. The van der Waals surface area contributed by atoms with E-state index in [2.05, 4.69) is 0 Å². The van der Waals surface area contributed by atoms with Gasteiger partial charge >= 0.3 is 0 Å². The quantitative estimate of drug-likeness (QED) is 0.825. The maximum atomic E-state index is 13.5. The highest BCUT2D eigenvalue weighted by molar-refractivity contribution is 5.60. The zero-order chi connectivity index (χ0) is 11.5. The fraction of sp³-hybridized carbons (Fsp3) is 0.308. The second-order valence-electron chi connectivity index (χ2n) is 4.05. The summed E-state index contributed by atoms with van der Waals surface area (Å²) >= 11 is 0. The molecule has 0 spiro atoms. The summed E-state index contributed by atoms with van der Waals surface area (Å²) in [6.07, 6.45) is 4.07. The largest absolute Gasteiger partial charge is 0.316 e. The summed E-state index contributed by atoms with van der Waals surface area (Å²) in [5, 5.41) is 8.64. The van der Waals surface area contributed by atoms with Crippen LogP contribution in [0.1, 0.15) is 24.0 Å². The van der Waals surface area contributed by atoms with Crippen LogP contribution in [0.3, 0.4) is 0 Å². The number of nitrogens with two attached hydrogens (primary N) is 1. The Morgan fingerprint density at radius 1 is 1.44 bits per heavy atom. The van der Waals surface area contributed by atoms with Crippen LogP contribution < -0.4 is 5.73 Å². The molecule has 0 saturated carbocycles. The third-order valence-electron chi connectivity index (χ3n) is 2.86. The van der Waals surface area contributed by atoms with Gasteiger partial charge in [-0.25, -0.2) is 4.39 Å². The number of hydrogen-bond donors (Lipinski definition) is 1. The van der Waals surface area contributed by atoms with Gasteiger partial charge in [0.1, 0.15) is 5.82 Å². The Balaban J connectivity index is 2.28. The van der Waals surface area contributed by atoms with Crippen molar-refractivity contribution in [1.29, 1.82) is 5.26 Å². The lowest BCUT2D eigenvalue weighted by Gasteiger charge is -2.17. The van der Waals surface area contributed by atoms with Crippen LogP contribution in [0.4, 0.5) is 4.39 Å². The van der Waals surface area contributed by atoms with Gasteiger partial charge < -0.3 is 5.73 Å². The number of nitriles is 1. The molecule has 0 saturated heterocycles. The van der Waals surface area contributed by atoms with Crippen molar-refractivity contribution < 1.29 is 4.39 Å². The Bertz CT molecular complexity index is 471. The van der Waals surface area contributed by atoms with Crippen molar-refractivity contribution in [3.05, 3.63) is 40.7 Å². The van der Waals surface area contributed by atoms with E-state index in [-0.39, 0.29) is 5.82 Å².